The maximum absolute atomic E-state index is 12.0. The van der Waals surface area contributed by atoms with Gasteiger partial charge in [0.25, 0.3) is 11.6 Å². The van der Waals surface area contributed by atoms with Gasteiger partial charge in [-0.05, 0) is 18.2 Å². The fourth-order valence-corrected chi connectivity index (χ4v) is 1.95. The smallest absolute Gasteiger partial charge is 0.282 e. The molecule has 124 valence electrons. The van der Waals surface area contributed by atoms with Gasteiger partial charge in [-0.15, -0.1) is 0 Å². The first-order valence-corrected chi connectivity index (χ1v) is 6.85. The quantitative estimate of drug-likeness (QED) is 0.498. The molecule has 0 spiro atoms. The van der Waals surface area contributed by atoms with Crippen LogP contribution in [-0.2, 0) is 0 Å². The minimum atomic E-state index is -0.673. The number of benzene rings is 2. The van der Waals surface area contributed by atoms with Crippen molar-refractivity contribution in [3.63, 3.8) is 0 Å². The zero-order valence-electron chi connectivity index (χ0n) is 13.1. The van der Waals surface area contributed by atoms with Crippen LogP contribution in [0.15, 0.2) is 47.6 Å². The fourth-order valence-electron chi connectivity index (χ4n) is 1.95. The van der Waals surface area contributed by atoms with E-state index in [-0.39, 0.29) is 11.3 Å². The van der Waals surface area contributed by atoms with Crippen molar-refractivity contribution in [1.29, 1.82) is 0 Å². The Hall–Kier alpha value is -3.42. The van der Waals surface area contributed by atoms with Crippen LogP contribution in [0.2, 0.25) is 0 Å². The fraction of sp³-hybridized carbons (Fsp3) is 0.125. The van der Waals surface area contributed by atoms with E-state index < -0.39 is 10.8 Å². The normalized spacial score (nSPS) is 10.4. The van der Waals surface area contributed by atoms with Crippen molar-refractivity contribution >= 4 is 17.8 Å². The summed E-state index contributed by atoms with van der Waals surface area (Å²) in [6.45, 7) is 0. The first-order chi connectivity index (χ1) is 11.5. The second-order valence-corrected chi connectivity index (χ2v) is 4.62. The molecule has 1 amide bonds. The predicted molar refractivity (Wildman–Crippen MR) is 87.7 cm³/mol. The molecule has 0 fully saturated rings. The van der Waals surface area contributed by atoms with Gasteiger partial charge in [0.1, 0.15) is 17.1 Å². The number of para-hydroxylation sites is 1. The Labute approximate surface area is 137 Å². The van der Waals surface area contributed by atoms with E-state index in [1.165, 1.54) is 38.6 Å². The Kier molecular flexibility index (Phi) is 5.45. The first-order valence-electron chi connectivity index (χ1n) is 6.85. The van der Waals surface area contributed by atoms with Gasteiger partial charge in [0, 0.05) is 17.7 Å². The summed E-state index contributed by atoms with van der Waals surface area (Å²) >= 11 is 0. The summed E-state index contributed by atoms with van der Waals surface area (Å²) in [5.41, 5.74) is 2.54. The number of methoxy groups -OCH3 is 2. The Bertz CT molecular complexity index is 767. The highest BCUT2D eigenvalue weighted by molar-refractivity contribution is 5.98. The highest BCUT2D eigenvalue weighted by Gasteiger charge is 2.18. The minimum absolute atomic E-state index is 0.0668. The van der Waals surface area contributed by atoms with Gasteiger partial charge < -0.3 is 9.47 Å². The highest BCUT2D eigenvalue weighted by atomic mass is 16.6. The number of ether oxygens (including phenoxy) is 2. The summed E-state index contributed by atoms with van der Waals surface area (Å²) in [7, 11) is 3.04. The van der Waals surface area contributed by atoms with Crippen molar-refractivity contribution < 1.29 is 19.2 Å². The molecule has 0 atom stereocenters. The molecular formula is C16H15N3O5. The van der Waals surface area contributed by atoms with Crippen LogP contribution in [0, 0.1) is 10.1 Å². The van der Waals surface area contributed by atoms with Gasteiger partial charge in [-0.25, -0.2) is 5.43 Å². The molecule has 1 N–H and O–H groups in total. The number of carbonyl (C=O) groups is 1. The number of carbonyl (C=O) groups excluding carboxylic acids is 1. The molecule has 0 heterocycles. The van der Waals surface area contributed by atoms with Crippen molar-refractivity contribution in [3.8, 4) is 11.5 Å². The molecule has 0 aliphatic heterocycles. The van der Waals surface area contributed by atoms with E-state index >= 15 is 0 Å². The molecule has 0 unspecified atom stereocenters. The Morgan fingerprint density at radius 2 is 1.79 bits per heavy atom. The summed E-state index contributed by atoms with van der Waals surface area (Å²) < 4.78 is 10.3. The molecule has 8 nitrogen and oxygen atoms in total. The van der Waals surface area contributed by atoms with Gasteiger partial charge in [-0.3, -0.25) is 14.9 Å². The number of nitro benzene ring substituents is 1. The topological polar surface area (TPSA) is 103 Å². The molecule has 2 aromatic rings. The van der Waals surface area contributed by atoms with Gasteiger partial charge in [-0.1, -0.05) is 12.1 Å². The zero-order valence-corrected chi connectivity index (χ0v) is 13.1. The third-order valence-electron chi connectivity index (χ3n) is 3.10. The zero-order chi connectivity index (χ0) is 17.5. The number of hydrazone groups is 1. The monoisotopic (exact) mass is 329 g/mol. The van der Waals surface area contributed by atoms with Crippen molar-refractivity contribution in [2.24, 2.45) is 5.10 Å². The van der Waals surface area contributed by atoms with Crippen molar-refractivity contribution in [2.45, 2.75) is 0 Å². The van der Waals surface area contributed by atoms with E-state index in [0.29, 0.717) is 17.1 Å². The van der Waals surface area contributed by atoms with Crippen LogP contribution in [0.25, 0.3) is 0 Å². The van der Waals surface area contributed by atoms with Crippen LogP contribution < -0.4 is 14.9 Å². The Morgan fingerprint density at radius 1 is 1.17 bits per heavy atom. The minimum Gasteiger partial charge on any atom is -0.497 e. The summed E-state index contributed by atoms with van der Waals surface area (Å²) in [6, 6.07) is 10.7. The third kappa shape index (κ3) is 4.07. The number of amides is 1. The van der Waals surface area contributed by atoms with Crippen molar-refractivity contribution in [2.75, 3.05) is 14.2 Å². The van der Waals surface area contributed by atoms with Crippen molar-refractivity contribution in [3.05, 3.63) is 63.7 Å². The van der Waals surface area contributed by atoms with Crippen LogP contribution in [0.3, 0.4) is 0 Å². The molecule has 0 saturated carbocycles. The third-order valence-corrected chi connectivity index (χ3v) is 3.10. The first kappa shape index (κ1) is 16.9. The summed E-state index contributed by atoms with van der Waals surface area (Å²) in [5, 5.41) is 14.7. The molecule has 0 aromatic heterocycles. The Balaban J connectivity index is 2.15. The predicted octanol–water partition coefficient (Wildman–Crippen LogP) is 2.38. The highest BCUT2D eigenvalue weighted by Crippen LogP contribution is 2.21. The number of nitro groups is 1. The largest absolute Gasteiger partial charge is 0.497 e. The van der Waals surface area contributed by atoms with E-state index in [1.807, 2.05) is 0 Å². The number of nitrogens with zero attached hydrogens (tertiary/aromatic N) is 2. The van der Waals surface area contributed by atoms with Crippen LogP contribution >= 0.6 is 0 Å². The molecule has 2 rings (SSSR count). The standard InChI is InChI=1S/C16H15N3O5/c1-23-12-7-11(8-13(9-12)24-2)10-17-18-16(20)14-5-3-4-6-15(14)19(21)22/h3-10H,1-2H3,(H,18,20)/b17-10-. The molecule has 8 heteroatoms. The van der Waals surface area contributed by atoms with Crippen LogP contribution in [-0.4, -0.2) is 31.3 Å². The lowest BCUT2D eigenvalue weighted by atomic mass is 10.2. The molecule has 0 saturated heterocycles. The number of rotatable bonds is 6. The molecular weight excluding hydrogens is 314 g/mol. The SMILES string of the molecule is COc1cc(/C=N\NC(=O)c2ccccc2[N+](=O)[O-])cc(OC)c1. The van der Waals surface area contributed by atoms with Crippen LogP contribution in [0.4, 0.5) is 5.69 Å². The number of hydrogen-bond acceptors (Lipinski definition) is 6. The average Bonchev–Trinajstić information content (AvgIpc) is 2.61. The maximum Gasteiger partial charge on any atom is 0.282 e. The molecule has 0 aliphatic carbocycles. The van der Waals surface area contributed by atoms with E-state index in [9.17, 15) is 14.9 Å². The van der Waals surface area contributed by atoms with Gasteiger partial charge in [0.2, 0.25) is 0 Å². The second-order valence-electron chi connectivity index (χ2n) is 4.62. The molecule has 0 radical (unpaired) electrons. The average molecular weight is 329 g/mol. The lowest BCUT2D eigenvalue weighted by Gasteiger charge is -2.05. The number of nitrogens with one attached hydrogen (secondary N) is 1. The lowest BCUT2D eigenvalue weighted by molar-refractivity contribution is -0.385. The van der Waals surface area contributed by atoms with Gasteiger partial charge in [0.05, 0.1) is 25.4 Å². The van der Waals surface area contributed by atoms with Gasteiger partial charge >= 0.3 is 0 Å². The molecule has 0 aliphatic rings. The molecule has 0 bridgehead atoms. The number of hydrogen-bond donors (Lipinski definition) is 1. The van der Waals surface area contributed by atoms with Gasteiger partial charge in [-0.2, -0.15) is 5.10 Å². The lowest BCUT2D eigenvalue weighted by Crippen LogP contribution is -2.18. The van der Waals surface area contributed by atoms with E-state index in [2.05, 4.69) is 10.5 Å². The van der Waals surface area contributed by atoms with E-state index in [0.717, 1.165) is 0 Å². The summed E-state index contributed by atoms with van der Waals surface area (Å²) in [5.74, 6) is 0.468. The molecule has 24 heavy (non-hydrogen) atoms. The second kappa shape index (κ2) is 7.73. The summed E-state index contributed by atoms with van der Waals surface area (Å²) in [4.78, 5) is 22.3. The van der Waals surface area contributed by atoms with E-state index in [1.54, 1.807) is 24.3 Å². The maximum atomic E-state index is 12.0. The van der Waals surface area contributed by atoms with Crippen LogP contribution in [0.1, 0.15) is 15.9 Å². The van der Waals surface area contributed by atoms with Crippen LogP contribution in [0.5, 0.6) is 11.5 Å². The van der Waals surface area contributed by atoms with E-state index in [4.69, 9.17) is 9.47 Å². The summed E-state index contributed by atoms with van der Waals surface area (Å²) in [6.07, 6.45) is 1.39. The van der Waals surface area contributed by atoms with Crippen molar-refractivity contribution in [1.82, 2.24) is 5.43 Å². The Morgan fingerprint density at radius 3 is 2.38 bits per heavy atom. The van der Waals surface area contributed by atoms with Gasteiger partial charge in [0.15, 0.2) is 0 Å². The molecule has 2 aromatic carbocycles.